The quantitative estimate of drug-likeness (QED) is 0.831. The van der Waals surface area contributed by atoms with Crippen LogP contribution >= 0.6 is 0 Å². The first-order valence-corrected chi connectivity index (χ1v) is 8.49. The van der Waals surface area contributed by atoms with Gasteiger partial charge in [0.05, 0.1) is 17.1 Å². The number of aromatic nitrogens is 2. The van der Waals surface area contributed by atoms with Gasteiger partial charge in [0.15, 0.2) is 6.61 Å². The average Bonchev–Trinajstić information content (AvgIpc) is 2.98. The first-order chi connectivity index (χ1) is 10.9. The summed E-state index contributed by atoms with van der Waals surface area (Å²) in [6.45, 7) is 2.10. The van der Waals surface area contributed by atoms with Crippen molar-refractivity contribution in [2.24, 2.45) is 0 Å². The molecule has 9 heteroatoms. The highest BCUT2D eigenvalue weighted by Crippen LogP contribution is 2.30. The molecule has 1 amide bonds. The summed E-state index contributed by atoms with van der Waals surface area (Å²) in [5, 5.41) is 6.63. The van der Waals surface area contributed by atoms with E-state index in [-0.39, 0.29) is 23.5 Å². The van der Waals surface area contributed by atoms with Gasteiger partial charge in [-0.25, -0.2) is 13.1 Å². The Morgan fingerprint density at radius 2 is 2.30 bits per heavy atom. The van der Waals surface area contributed by atoms with Crippen LogP contribution in [0, 0.1) is 0 Å². The highest BCUT2D eigenvalue weighted by atomic mass is 32.2. The van der Waals surface area contributed by atoms with Crippen molar-refractivity contribution in [1.82, 2.24) is 14.5 Å². The largest absolute Gasteiger partial charge is 0.482 e. The minimum Gasteiger partial charge on any atom is -0.482 e. The van der Waals surface area contributed by atoms with Crippen LogP contribution in [0.5, 0.6) is 5.75 Å². The van der Waals surface area contributed by atoms with E-state index in [0.29, 0.717) is 18.0 Å². The molecule has 0 bridgehead atoms. The van der Waals surface area contributed by atoms with E-state index in [0.717, 1.165) is 0 Å². The van der Waals surface area contributed by atoms with Gasteiger partial charge in [0, 0.05) is 18.4 Å². The fraction of sp³-hybridized carbons (Fsp3) is 0.286. The monoisotopic (exact) mass is 336 g/mol. The third-order valence-electron chi connectivity index (χ3n) is 3.27. The topological polar surface area (TPSA) is 102 Å². The van der Waals surface area contributed by atoms with Crippen molar-refractivity contribution in [3.63, 3.8) is 0 Å². The number of nitrogens with zero attached hydrogens (tertiary/aromatic N) is 2. The lowest BCUT2D eigenvalue weighted by Gasteiger charge is -2.19. The zero-order chi connectivity index (χ0) is 16.4. The molecule has 1 aromatic carbocycles. The zero-order valence-electron chi connectivity index (χ0n) is 12.4. The molecule has 2 aromatic rings. The molecule has 8 nitrogen and oxygen atoms in total. The fourth-order valence-electron chi connectivity index (χ4n) is 2.29. The van der Waals surface area contributed by atoms with Crippen LogP contribution in [0.15, 0.2) is 41.6 Å². The molecular weight excluding hydrogens is 320 g/mol. The summed E-state index contributed by atoms with van der Waals surface area (Å²) in [6, 6.07) is 5.78. The molecule has 0 radical (unpaired) electrons. The van der Waals surface area contributed by atoms with Gasteiger partial charge in [0.1, 0.15) is 5.75 Å². The van der Waals surface area contributed by atoms with E-state index in [2.05, 4.69) is 15.1 Å². The maximum atomic E-state index is 12.4. The molecule has 0 aliphatic carbocycles. The second-order valence-electron chi connectivity index (χ2n) is 5.25. The summed E-state index contributed by atoms with van der Waals surface area (Å²) >= 11 is 0. The second kappa shape index (κ2) is 6.01. The fourth-order valence-corrected chi connectivity index (χ4v) is 3.55. The summed E-state index contributed by atoms with van der Waals surface area (Å²) in [5.74, 6) is 0.139. The Hall–Kier alpha value is -2.39. The van der Waals surface area contributed by atoms with Crippen LogP contribution in [-0.2, 0) is 21.4 Å². The summed E-state index contributed by atoms with van der Waals surface area (Å²) in [5.41, 5.74) is 0.351. The van der Waals surface area contributed by atoms with Crippen LogP contribution in [-0.4, -0.2) is 36.8 Å². The van der Waals surface area contributed by atoms with E-state index in [1.54, 1.807) is 30.1 Å². The van der Waals surface area contributed by atoms with E-state index in [4.69, 9.17) is 4.74 Å². The number of anilines is 1. The molecule has 1 unspecified atom stereocenters. The lowest BCUT2D eigenvalue weighted by Crippen LogP contribution is -2.36. The molecule has 0 saturated heterocycles. The third-order valence-corrected chi connectivity index (χ3v) is 4.86. The molecule has 2 heterocycles. The number of benzene rings is 1. The lowest BCUT2D eigenvalue weighted by atomic mass is 10.2. The number of ether oxygens (including phenoxy) is 1. The number of hydrogen-bond acceptors (Lipinski definition) is 5. The number of rotatable bonds is 5. The van der Waals surface area contributed by atoms with Crippen molar-refractivity contribution in [1.29, 1.82) is 0 Å². The van der Waals surface area contributed by atoms with Crippen molar-refractivity contribution < 1.29 is 17.9 Å². The SMILES string of the molecule is CC(Cn1cccn1)NS(=O)(=O)c1ccc2c(c1)NC(=O)CO2. The Morgan fingerprint density at radius 1 is 1.48 bits per heavy atom. The number of carbonyl (C=O) groups is 1. The number of hydrogen-bond donors (Lipinski definition) is 2. The van der Waals surface area contributed by atoms with E-state index < -0.39 is 10.0 Å². The van der Waals surface area contributed by atoms with Gasteiger partial charge in [-0.2, -0.15) is 5.10 Å². The van der Waals surface area contributed by atoms with Gasteiger partial charge < -0.3 is 10.1 Å². The van der Waals surface area contributed by atoms with Crippen LogP contribution in [0.2, 0.25) is 0 Å². The minimum atomic E-state index is -3.71. The van der Waals surface area contributed by atoms with Gasteiger partial charge in [-0.1, -0.05) is 0 Å². The van der Waals surface area contributed by atoms with Gasteiger partial charge in [0.25, 0.3) is 5.91 Å². The molecule has 1 aliphatic rings. The maximum Gasteiger partial charge on any atom is 0.262 e. The summed E-state index contributed by atoms with van der Waals surface area (Å²) in [4.78, 5) is 11.4. The highest BCUT2D eigenvalue weighted by molar-refractivity contribution is 7.89. The highest BCUT2D eigenvalue weighted by Gasteiger charge is 2.22. The van der Waals surface area contributed by atoms with E-state index in [1.807, 2.05) is 0 Å². The van der Waals surface area contributed by atoms with Crippen molar-refractivity contribution in [3.05, 3.63) is 36.7 Å². The molecule has 1 aromatic heterocycles. The number of nitrogens with one attached hydrogen (secondary N) is 2. The van der Waals surface area contributed by atoms with Gasteiger partial charge in [-0.05, 0) is 31.2 Å². The van der Waals surface area contributed by atoms with Gasteiger partial charge in [0.2, 0.25) is 10.0 Å². The van der Waals surface area contributed by atoms with Crippen molar-refractivity contribution >= 4 is 21.6 Å². The van der Waals surface area contributed by atoms with Crippen molar-refractivity contribution in [2.45, 2.75) is 24.4 Å². The number of sulfonamides is 1. The Labute approximate surface area is 133 Å². The summed E-state index contributed by atoms with van der Waals surface area (Å²) in [6.07, 6.45) is 3.39. The molecule has 1 aliphatic heterocycles. The standard InChI is InChI=1S/C14H16N4O4S/c1-10(8-18-6-2-5-15-18)17-23(20,21)11-3-4-13-12(7-11)16-14(19)9-22-13/h2-7,10,17H,8-9H2,1H3,(H,16,19). The lowest BCUT2D eigenvalue weighted by molar-refractivity contribution is -0.118. The summed E-state index contributed by atoms with van der Waals surface area (Å²) in [7, 11) is -3.71. The molecular formula is C14H16N4O4S. The van der Waals surface area contributed by atoms with Gasteiger partial charge in [-0.3, -0.25) is 9.48 Å². The van der Waals surface area contributed by atoms with Crippen molar-refractivity contribution in [2.75, 3.05) is 11.9 Å². The molecule has 122 valence electrons. The first kappa shape index (κ1) is 15.5. The molecule has 1 atom stereocenters. The van der Waals surface area contributed by atoms with Gasteiger partial charge in [-0.15, -0.1) is 0 Å². The van der Waals surface area contributed by atoms with Crippen LogP contribution in [0.3, 0.4) is 0 Å². The van der Waals surface area contributed by atoms with E-state index in [1.165, 1.54) is 18.2 Å². The van der Waals surface area contributed by atoms with Crippen LogP contribution in [0.4, 0.5) is 5.69 Å². The van der Waals surface area contributed by atoms with Crippen molar-refractivity contribution in [3.8, 4) is 5.75 Å². The number of fused-ring (bicyclic) bond motifs is 1. The Morgan fingerprint density at radius 3 is 3.04 bits per heavy atom. The molecule has 23 heavy (non-hydrogen) atoms. The average molecular weight is 336 g/mol. The Kier molecular flexibility index (Phi) is 4.05. The first-order valence-electron chi connectivity index (χ1n) is 7.00. The van der Waals surface area contributed by atoms with E-state index >= 15 is 0 Å². The molecule has 0 fully saturated rings. The van der Waals surface area contributed by atoms with E-state index in [9.17, 15) is 13.2 Å². The molecule has 3 rings (SSSR count). The Balaban J connectivity index is 1.77. The van der Waals surface area contributed by atoms with Crippen LogP contribution in [0.1, 0.15) is 6.92 Å². The smallest absolute Gasteiger partial charge is 0.262 e. The second-order valence-corrected chi connectivity index (χ2v) is 6.96. The number of amides is 1. The minimum absolute atomic E-state index is 0.0642. The predicted octanol–water partition coefficient (Wildman–Crippen LogP) is 0.581. The molecule has 0 spiro atoms. The zero-order valence-corrected chi connectivity index (χ0v) is 13.2. The van der Waals surface area contributed by atoms with Gasteiger partial charge >= 0.3 is 0 Å². The maximum absolute atomic E-state index is 12.4. The molecule has 2 N–H and O–H groups in total. The van der Waals surface area contributed by atoms with Crippen LogP contribution < -0.4 is 14.8 Å². The summed E-state index contributed by atoms with van der Waals surface area (Å²) < 4.78 is 34.3. The normalized spacial score (nSPS) is 15.4. The predicted molar refractivity (Wildman–Crippen MR) is 82.6 cm³/mol. The van der Waals surface area contributed by atoms with Crippen LogP contribution in [0.25, 0.3) is 0 Å². The third kappa shape index (κ3) is 3.51. The number of carbonyl (C=O) groups excluding carboxylic acids is 1. The Bertz CT molecular complexity index is 817. The molecule has 0 saturated carbocycles.